The van der Waals surface area contributed by atoms with E-state index >= 15 is 0 Å². The summed E-state index contributed by atoms with van der Waals surface area (Å²) >= 11 is 5.86. The van der Waals surface area contributed by atoms with E-state index in [2.05, 4.69) is 10.2 Å². The number of aryl methyl sites for hydroxylation is 1. The first-order chi connectivity index (χ1) is 12.6. The molecule has 0 aliphatic carbocycles. The van der Waals surface area contributed by atoms with Crippen molar-refractivity contribution in [1.29, 1.82) is 0 Å². The van der Waals surface area contributed by atoms with Crippen LogP contribution >= 0.6 is 11.6 Å². The van der Waals surface area contributed by atoms with Crippen molar-refractivity contribution in [2.45, 2.75) is 6.92 Å². The quantitative estimate of drug-likeness (QED) is 0.865. The molecule has 0 unspecified atom stereocenters. The van der Waals surface area contributed by atoms with Crippen molar-refractivity contribution in [1.82, 2.24) is 9.80 Å². The van der Waals surface area contributed by atoms with Crippen LogP contribution in [0.2, 0.25) is 5.02 Å². The Bertz CT molecular complexity index is 711. The van der Waals surface area contributed by atoms with Crippen LogP contribution in [0.15, 0.2) is 48.5 Å². The maximum Gasteiger partial charge on any atom is 0.321 e. The molecule has 0 aromatic heterocycles. The van der Waals surface area contributed by atoms with Crippen LogP contribution in [-0.4, -0.2) is 55.2 Å². The number of ether oxygens (including phenoxy) is 1. The van der Waals surface area contributed by atoms with E-state index in [9.17, 15) is 4.79 Å². The number of carbonyl (C=O) groups excluding carboxylic acids is 1. The van der Waals surface area contributed by atoms with Crippen LogP contribution < -0.4 is 10.1 Å². The van der Waals surface area contributed by atoms with Crippen molar-refractivity contribution in [2.75, 3.05) is 44.6 Å². The van der Waals surface area contributed by atoms with Gasteiger partial charge >= 0.3 is 6.03 Å². The van der Waals surface area contributed by atoms with Gasteiger partial charge < -0.3 is 15.0 Å². The Labute approximate surface area is 159 Å². The third-order valence-electron chi connectivity index (χ3n) is 4.45. The molecule has 0 saturated carbocycles. The number of nitrogens with zero attached hydrogens (tertiary/aromatic N) is 2. The Hall–Kier alpha value is -2.24. The van der Waals surface area contributed by atoms with E-state index in [1.54, 1.807) is 0 Å². The van der Waals surface area contributed by atoms with Crippen molar-refractivity contribution in [3.8, 4) is 5.75 Å². The maximum atomic E-state index is 12.3. The Balaban J connectivity index is 1.37. The normalized spacial score (nSPS) is 14.9. The molecule has 1 aliphatic heterocycles. The number of benzene rings is 2. The molecule has 0 radical (unpaired) electrons. The number of hydrogen-bond donors (Lipinski definition) is 1. The van der Waals surface area contributed by atoms with Gasteiger partial charge in [0.05, 0.1) is 0 Å². The smallest absolute Gasteiger partial charge is 0.321 e. The Morgan fingerprint density at radius 3 is 2.35 bits per heavy atom. The van der Waals surface area contributed by atoms with Crippen LogP contribution in [0.3, 0.4) is 0 Å². The van der Waals surface area contributed by atoms with E-state index in [0.29, 0.717) is 11.6 Å². The van der Waals surface area contributed by atoms with E-state index in [1.165, 1.54) is 5.56 Å². The van der Waals surface area contributed by atoms with Gasteiger partial charge in [0, 0.05) is 43.4 Å². The molecule has 138 valence electrons. The molecular weight excluding hydrogens is 350 g/mol. The molecule has 1 aliphatic rings. The molecule has 2 amide bonds. The zero-order valence-corrected chi connectivity index (χ0v) is 15.7. The molecule has 0 atom stereocenters. The average Bonchev–Trinajstić information content (AvgIpc) is 2.66. The molecule has 3 rings (SSSR count). The van der Waals surface area contributed by atoms with Crippen LogP contribution in [0, 0.1) is 6.92 Å². The monoisotopic (exact) mass is 373 g/mol. The van der Waals surface area contributed by atoms with Crippen LogP contribution in [0.25, 0.3) is 0 Å². The molecule has 0 spiro atoms. The second-order valence-electron chi connectivity index (χ2n) is 6.43. The first-order valence-electron chi connectivity index (χ1n) is 8.83. The number of halogens is 1. The third-order valence-corrected chi connectivity index (χ3v) is 4.70. The number of urea groups is 1. The highest BCUT2D eigenvalue weighted by Gasteiger charge is 2.20. The van der Waals surface area contributed by atoms with Crippen molar-refractivity contribution in [3.63, 3.8) is 0 Å². The van der Waals surface area contributed by atoms with Gasteiger partial charge in [-0.25, -0.2) is 4.79 Å². The lowest BCUT2D eigenvalue weighted by molar-refractivity contribution is 0.132. The highest BCUT2D eigenvalue weighted by molar-refractivity contribution is 6.30. The summed E-state index contributed by atoms with van der Waals surface area (Å²) in [5.41, 5.74) is 2.01. The first-order valence-corrected chi connectivity index (χ1v) is 9.21. The number of amides is 2. The summed E-state index contributed by atoms with van der Waals surface area (Å²) in [6.45, 7) is 6.64. The van der Waals surface area contributed by atoms with Gasteiger partial charge in [0.15, 0.2) is 0 Å². The fraction of sp³-hybridized carbons (Fsp3) is 0.350. The number of piperazine rings is 1. The summed E-state index contributed by atoms with van der Waals surface area (Å²) in [5.74, 6) is 0.825. The summed E-state index contributed by atoms with van der Waals surface area (Å²) < 4.78 is 5.73. The molecule has 2 aromatic rings. The second kappa shape index (κ2) is 8.92. The van der Waals surface area contributed by atoms with E-state index in [1.807, 2.05) is 60.4 Å². The zero-order valence-electron chi connectivity index (χ0n) is 15.0. The van der Waals surface area contributed by atoms with Gasteiger partial charge in [0.25, 0.3) is 0 Å². The number of hydrogen-bond acceptors (Lipinski definition) is 3. The van der Waals surface area contributed by atoms with Gasteiger partial charge in [-0.1, -0.05) is 29.3 Å². The molecule has 6 heteroatoms. The largest absolute Gasteiger partial charge is 0.492 e. The summed E-state index contributed by atoms with van der Waals surface area (Å²) in [6.07, 6.45) is 0. The highest BCUT2D eigenvalue weighted by Crippen LogP contribution is 2.15. The van der Waals surface area contributed by atoms with Crippen LogP contribution in [0.1, 0.15) is 5.56 Å². The number of anilines is 1. The molecule has 26 heavy (non-hydrogen) atoms. The summed E-state index contributed by atoms with van der Waals surface area (Å²) in [5, 5.41) is 3.66. The van der Waals surface area contributed by atoms with Crippen LogP contribution in [-0.2, 0) is 0 Å². The minimum Gasteiger partial charge on any atom is -0.492 e. The van der Waals surface area contributed by atoms with E-state index in [4.69, 9.17) is 16.3 Å². The van der Waals surface area contributed by atoms with Gasteiger partial charge in [0.1, 0.15) is 12.4 Å². The van der Waals surface area contributed by atoms with E-state index < -0.39 is 0 Å². The van der Waals surface area contributed by atoms with Crippen LogP contribution in [0.5, 0.6) is 5.75 Å². The summed E-state index contributed by atoms with van der Waals surface area (Å²) in [6, 6.07) is 15.2. The van der Waals surface area contributed by atoms with Crippen molar-refractivity contribution >= 4 is 23.3 Å². The Morgan fingerprint density at radius 2 is 1.69 bits per heavy atom. The summed E-state index contributed by atoms with van der Waals surface area (Å²) in [4.78, 5) is 16.5. The predicted octanol–water partition coefficient (Wildman–Crippen LogP) is 3.88. The molecule has 1 saturated heterocycles. The molecule has 5 nitrogen and oxygen atoms in total. The minimum atomic E-state index is -0.0362. The molecule has 0 bridgehead atoms. The molecule has 1 N–H and O–H groups in total. The molecule has 1 heterocycles. The lowest BCUT2D eigenvalue weighted by Crippen LogP contribution is -2.50. The average molecular weight is 374 g/mol. The second-order valence-corrected chi connectivity index (χ2v) is 6.86. The summed E-state index contributed by atoms with van der Waals surface area (Å²) in [7, 11) is 0. The third kappa shape index (κ3) is 5.38. The Kier molecular flexibility index (Phi) is 6.36. The van der Waals surface area contributed by atoms with Gasteiger partial charge in [-0.15, -0.1) is 0 Å². The predicted molar refractivity (Wildman–Crippen MR) is 105 cm³/mol. The van der Waals surface area contributed by atoms with E-state index in [-0.39, 0.29) is 6.03 Å². The van der Waals surface area contributed by atoms with Crippen molar-refractivity contribution < 1.29 is 9.53 Å². The topological polar surface area (TPSA) is 44.8 Å². The van der Waals surface area contributed by atoms with E-state index in [0.717, 1.165) is 44.2 Å². The lowest BCUT2D eigenvalue weighted by atomic mass is 10.2. The van der Waals surface area contributed by atoms with Crippen molar-refractivity contribution in [3.05, 3.63) is 59.1 Å². The minimum absolute atomic E-state index is 0.0362. The first kappa shape index (κ1) is 18.5. The lowest BCUT2D eigenvalue weighted by Gasteiger charge is -2.34. The standard InChI is InChI=1S/C20H24ClN3O2/c1-16-2-6-18(7-3-16)22-20(25)24-12-10-23(11-13-24)14-15-26-19-8-4-17(21)5-9-19/h2-9H,10-15H2,1H3,(H,22,25). The Morgan fingerprint density at radius 1 is 1.04 bits per heavy atom. The molecular formula is C20H24ClN3O2. The van der Waals surface area contributed by atoms with Crippen LogP contribution in [0.4, 0.5) is 10.5 Å². The SMILES string of the molecule is Cc1ccc(NC(=O)N2CCN(CCOc3ccc(Cl)cc3)CC2)cc1. The van der Waals surface area contributed by atoms with Gasteiger partial charge in [-0.3, -0.25) is 4.90 Å². The zero-order chi connectivity index (χ0) is 18.4. The fourth-order valence-corrected chi connectivity index (χ4v) is 2.96. The fourth-order valence-electron chi connectivity index (χ4n) is 2.84. The number of carbonyl (C=O) groups is 1. The molecule has 1 fully saturated rings. The molecule has 2 aromatic carbocycles. The van der Waals surface area contributed by atoms with Gasteiger partial charge in [0.2, 0.25) is 0 Å². The van der Waals surface area contributed by atoms with Crippen molar-refractivity contribution in [2.24, 2.45) is 0 Å². The maximum absolute atomic E-state index is 12.3. The number of rotatable bonds is 5. The number of nitrogens with one attached hydrogen (secondary N) is 1. The van der Waals surface area contributed by atoms with Gasteiger partial charge in [-0.05, 0) is 43.3 Å². The van der Waals surface area contributed by atoms with Gasteiger partial charge in [-0.2, -0.15) is 0 Å². The highest BCUT2D eigenvalue weighted by atomic mass is 35.5.